The number of benzene rings is 3. The summed E-state index contributed by atoms with van der Waals surface area (Å²) in [4.78, 5) is 12.7. The smallest absolute Gasteiger partial charge is 0.255 e. The van der Waals surface area contributed by atoms with Gasteiger partial charge in [-0.15, -0.1) is 0 Å². The van der Waals surface area contributed by atoms with Gasteiger partial charge in [0.15, 0.2) is 0 Å². The first-order chi connectivity index (χ1) is 11.2. The van der Waals surface area contributed by atoms with Crippen LogP contribution >= 0.6 is 0 Å². The molecule has 0 spiro atoms. The van der Waals surface area contributed by atoms with Gasteiger partial charge in [-0.1, -0.05) is 60.7 Å². The molecule has 0 aromatic heterocycles. The number of hydrogen-bond donors (Lipinski definition) is 1. The summed E-state index contributed by atoms with van der Waals surface area (Å²) in [5.74, 6) is 0.477. The van der Waals surface area contributed by atoms with Crippen molar-refractivity contribution in [1.29, 1.82) is 0 Å². The second kappa shape index (κ2) is 6.53. The standard InChI is InChI=1S/C20H19NO2/c1-14(15-8-4-3-5-9-15)21-20(22)18-13-12-16-10-6-7-11-17(16)19(18)23-2/h3-14H,1-2H3,(H,21,22). The van der Waals surface area contributed by atoms with Gasteiger partial charge in [0.25, 0.3) is 5.91 Å². The number of amides is 1. The number of nitrogens with one attached hydrogen (secondary N) is 1. The van der Waals surface area contributed by atoms with E-state index in [0.29, 0.717) is 11.3 Å². The largest absolute Gasteiger partial charge is 0.495 e. The molecular weight excluding hydrogens is 286 g/mol. The third-order valence-electron chi connectivity index (χ3n) is 3.98. The number of carbonyl (C=O) groups excluding carboxylic acids is 1. The fraction of sp³-hybridized carbons (Fsp3) is 0.150. The summed E-state index contributed by atoms with van der Waals surface area (Å²) in [6, 6.07) is 21.5. The molecular formula is C20H19NO2. The molecule has 0 aliphatic rings. The van der Waals surface area contributed by atoms with Crippen LogP contribution in [0.1, 0.15) is 28.9 Å². The van der Waals surface area contributed by atoms with Crippen molar-refractivity contribution >= 4 is 16.7 Å². The molecule has 3 aromatic carbocycles. The predicted octanol–water partition coefficient (Wildman–Crippen LogP) is 4.34. The summed E-state index contributed by atoms with van der Waals surface area (Å²) in [7, 11) is 1.60. The van der Waals surface area contributed by atoms with Crippen LogP contribution in [0.15, 0.2) is 66.7 Å². The lowest BCUT2D eigenvalue weighted by Crippen LogP contribution is -2.27. The van der Waals surface area contributed by atoms with Gasteiger partial charge < -0.3 is 10.1 Å². The van der Waals surface area contributed by atoms with E-state index in [0.717, 1.165) is 16.3 Å². The quantitative estimate of drug-likeness (QED) is 0.778. The summed E-state index contributed by atoms with van der Waals surface area (Å²) < 4.78 is 5.51. The zero-order valence-corrected chi connectivity index (χ0v) is 13.2. The van der Waals surface area contributed by atoms with E-state index in [1.807, 2.05) is 73.7 Å². The highest BCUT2D eigenvalue weighted by Gasteiger charge is 2.17. The highest BCUT2D eigenvalue weighted by atomic mass is 16.5. The van der Waals surface area contributed by atoms with Crippen LogP contribution in [-0.4, -0.2) is 13.0 Å². The molecule has 0 saturated heterocycles. The minimum Gasteiger partial charge on any atom is -0.495 e. The number of fused-ring (bicyclic) bond motifs is 1. The normalized spacial score (nSPS) is 11.9. The molecule has 0 fully saturated rings. The van der Waals surface area contributed by atoms with Crippen LogP contribution < -0.4 is 10.1 Å². The van der Waals surface area contributed by atoms with Crippen molar-refractivity contribution in [1.82, 2.24) is 5.32 Å². The van der Waals surface area contributed by atoms with E-state index in [2.05, 4.69) is 5.32 Å². The molecule has 3 rings (SSSR count). The summed E-state index contributed by atoms with van der Waals surface area (Å²) in [6.07, 6.45) is 0. The van der Waals surface area contributed by atoms with Gasteiger partial charge in [0.05, 0.1) is 18.7 Å². The fourth-order valence-electron chi connectivity index (χ4n) is 2.74. The Morgan fingerprint density at radius 1 is 0.957 bits per heavy atom. The Hall–Kier alpha value is -2.81. The number of hydrogen-bond acceptors (Lipinski definition) is 2. The van der Waals surface area contributed by atoms with E-state index in [1.165, 1.54) is 0 Å². The van der Waals surface area contributed by atoms with E-state index < -0.39 is 0 Å². The van der Waals surface area contributed by atoms with Crippen LogP contribution in [0.3, 0.4) is 0 Å². The molecule has 3 nitrogen and oxygen atoms in total. The highest BCUT2D eigenvalue weighted by molar-refractivity contribution is 6.03. The molecule has 0 bridgehead atoms. The lowest BCUT2D eigenvalue weighted by molar-refractivity contribution is 0.0937. The Labute approximate surface area is 135 Å². The minimum atomic E-state index is -0.135. The van der Waals surface area contributed by atoms with Crippen molar-refractivity contribution < 1.29 is 9.53 Å². The van der Waals surface area contributed by atoms with Crippen LogP contribution in [0, 0.1) is 0 Å². The second-order valence-electron chi connectivity index (χ2n) is 5.47. The maximum atomic E-state index is 12.7. The Bertz CT molecular complexity index is 827. The van der Waals surface area contributed by atoms with E-state index in [-0.39, 0.29) is 11.9 Å². The van der Waals surface area contributed by atoms with Crippen molar-refractivity contribution in [2.75, 3.05) is 7.11 Å². The van der Waals surface area contributed by atoms with Gasteiger partial charge in [0.1, 0.15) is 5.75 Å². The van der Waals surface area contributed by atoms with Crippen LogP contribution in [0.25, 0.3) is 10.8 Å². The van der Waals surface area contributed by atoms with Crippen molar-refractivity contribution in [3.8, 4) is 5.75 Å². The number of rotatable bonds is 4. The molecule has 1 amide bonds. The van der Waals surface area contributed by atoms with Crippen molar-refractivity contribution in [3.63, 3.8) is 0 Å². The first-order valence-electron chi connectivity index (χ1n) is 7.62. The lowest BCUT2D eigenvalue weighted by atomic mass is 10.0. The van der Waals surface area contributed by atoms with Crippen LogP contribution in [0.4, 0.5) is 0 Å². The summed E-state index contributed by atoms with van der Waals surface area (Å²) in [5, 5.41) is 5.03. The van der Waals surface area contributed by atoms with Gasteiger partial charge >= 0.3 is 0 Å². The zero-order valence-electron chi connectivity index (χ0n) is 13.2. The maximum absolute atomic E-state index is 12.7. The van der Waals surface area contributed by atoms with Gasteiger partial charge in [-0.2, -0.15) is 0 Å². The Morgan fingerprint density at radius 3 is 2.39 bits per heavy atom. The summed E-state index contributed by atoms with van der Waals surface area (Å²) in [6.45, 7) is 1.97. The molecule has 0 radical (unpaired) electrons. The minimum absolute atomic E-state index is 0.0696. The predicted molar refractivity (Wildman–Crippen MR) is 92.8 cm³/mol. The van der Waals surface area contributed by atoms with Gasteiger partial charge in [0, 0.05) is 5.39 Å². The van der Waals surface area contributed by atoms with E-state index in [9.17, 15) is 4.79 Å². The molecule has 23 heavy (non-hydrogen) atoms. The van der Waals surface area contributed by atoms with Gasteiger partial charge in [0.2, 0.25) is 0 Å². The average molecular weight is 305 g/mol. The molecule has 1 N–H and O–H groups in total. The Morgan fingerprint density at radius 2 is 1.65 bits per heavy atom. The maximum Gasteiger partial charge on any atom is 0.255 e. The number of ether oxygens (including phenoxy) is 1. The summed E-state index contributed by atoms with van der Waals surface area (Å²) >= 11 is 0. The van der Waals surface area contributed by atoms with E-state index in [4.69, 9.17) is 4.74 Å². The first-order valence-corrected chi connectivity index (χ1v) is 7.62. The molecule has 3 heteroatoms. The van der Waals surface area contributed by atoms with Crippen molar-refractivity contribution in [2.24, 2.45) is 0 Å². The van der Waals surface area contributed by atoms with Crippen LogP contribution in [0.2, 0.25) is 0 Å². The zero-order chi connectivity index (χ0) is 16.2. The lowest BCUT2D eigenvalue weighted by Gasteiger charge is -2.16. The highest BCUT2D eigenvalue weighted by Crippen LogP contribution is 2.30. The molecule has 1 atom stereocenters. The van der Waals surface area contributed by atoms with Gasteiger partial charge in [-0.05, 0) is 23.9 Å². The van der Waals surface area contributed by atoms with Gasteiger partial charge in [-0.25, -0.2) is 0 Å². The van der Waals surface area contributed by atoms with Crippen LogP contribution in [-0.2, 0) is 0 Å². The number of methoxy groups -OCH3 is 1. The SMILES string of the molecule is COc1c(C(=O)NC(C)c2ccccc2)ccc2ccccc12. The topological polar surface area (TPSA) is 38.3 Å². The molecule has 116 valence electrons. The molecule has 3 aromatic rings. The van der Waals surface area contributed by atoms with Gasteiger partial charge in [-0.3, -0.25) is 4.79 Å². The summed E-state index contributed by atoms with van der Waals surface area (Å²) in [5.41, 5.74) is 1.62. The number of carbonyl (C=O) groups is 1. The molecule has 0 aliphatic carbocycles. The molecule has 0 saturated carbocycles. The van der Waals surface area contributed by atoms with Crippen LogP contribution in [0.5, 0.6) is 5.75 Å². The van der Waals surface area contributed by atoms with Crippen molar-refractivity contribution in [2.45, 2.75) is 13.0 Å². The molecule has 0 aliphatic heterocycles. The third-order valence-corrected chi connectivity index (χ3v) is 3.98. The average Bonchev–Trinajstić information content (AvgIpc) is 2.61. The monoisotopic (exact) mass is 305 g/mol. The van der Waals surface area contributed by atoms with Crippen molar-refractivity contribution in [3.05, 3.63) is 77.9 Å². The Kier molecular flexibility index (Phi) is 4.29. The molecule has 1 unspecified atom stereocenters. The van der Waals surface area contributed by atoms with E-state index in [1.54, 1.807) is 7.11 Å². The van der Waals surface area contributed by atoms with E-state index >= 15 is 0 Å². The third kappa shape index (κ3) is 3.04. The second-order valence-corrected chi connectivity index (χ2v) is 5.47. The Balaban J connectivity index is 1.92. The first kappa shape index (κ1) is 15.1. The fourth-order valence-corrected chi connectivity index (χ4v) is 2.74. The molecule has 0 heterocycles.